The van der Waals surface area contributed by atoms with E-state index in [1.807, 2.05) is 4.90 Å². The van der Waals surface area contributed by atoms with Gasteiger partial charge in [-0.05, 0) is 0 Å². The van der Waals surface area contributed by atoms with E-state index in [9.17, 15) is 13.2 Å². The largest absolute Gasteiger partial charge is 0.468 e. The molecule has 1 saturated heterocycles. The first-order chi connectivity index (χ1) is 9.43. The average molecular weight is 340 g/mol. The van der Waals surface area contributed by atoms with Crippen LogP contribution in [-0.4, -0.2) is 68.4 Å². The Kier molecular flexibility index (Phi) is 4.97. The normalized spacial score (nSPS) is 18.1. The highest BCUT2D eigenvalue weighted by Crippen LogP contribution is 2.26. The average Bonchev–Trinajstić information content (AvgIpc) is 2.86. The molecule has 10 heteroatoms. The molecule has 0 bridgehead atoms. The second-order valence-corrected chi connectivity index (χ2v) is 7.97. The van der Waals surface area contributed by atoms with Crippen LogP contribution in [0, 0.1) is 0 Å². The highest BCUT2D eigenvalue weighted by molar-refractivity contribution is 7.91. The molecule has 7 nitrogen and oxygen atoms in total. The van der Waals surface area contributed by atoms with Crippen LogP contribution in [0.25, 0.3) is 0 Å². The molecule has 1 aliphatic rings. The Morgan fingerprint density at radius 2 is 2.10 bits per heavy atom. The Morgan fingerprint density at radius 1 is 1.45 bits per heavy atom. The standard InChI is InChI=1S/C10H14ClN3O4S2/c1-18-8(15)7-13-2-4-14(5-3-13)20(16,17)9-6-12-10(11)19-9/h6H,2-5,7H2,1H3. The third-order valence-corrected chi connectivity index (χ3v) is 6.41. The van der Waals surface area contributed by atoms with Crippen molar-refractivity contribution in [2.24, 2.45) is 0 Å². The number of hydrogen-bond donors (Lipinski definition) is 0. The predicted molar refractivity (Wildman–Crippen MR) is 74.3 cm³/mol. The molecule has 1 aromatic heterocycles. The minimum absolute atomic E-state index is 0.143. The van der Waals surface area contributed by atoms with Gasteiger partial charge in [0.15, 0.2) is 8.68 Å². The van der Waals surface area contributed by atoms with E-state index in [0.717, 1.165) is 11.3 Å². The molecule has 2 rings (SSSR count). The molecule has 0 radical (unpaired) electrons. The highest BCUT2D eigenvalue weighted by Gasteiger charge is 2.30. The van der Waals surface area contributed by atoms with Gasteiger partial charge in [0.05, 0.1) is 19.9 Å². The Labute approximate surface area is 126 Å². The molecule has 1 fully saturated rings. The van der Waals surface area contributed by atoms with Crippen LogP contribution in [-0.2, 0) is 19.6 Å². The number of thiazole rings is 1. The molecular formula is C10H14ClN3O4S2. The van der Waals surface area contributed by atoms with E-state index in [0.29, 0.717) is 26.2 Å². The van der Waals surface area contributed by atoms with Crippen molar-refractivity contribution in [3.63, 3.8) is 0 Å². The molecule has 1 aliphatic heterocycles. The van der Waals surface area contributed by atoms with Gasteiger partial charge in [-0.15, -0.1) is 0 Å². The molecule has 0 amide bonds. The van der Waals surface area contributed by atoms with Crippen molar-refractivity contribution in [3.05, 3.63) is 10.7 Å². The Bertz CT molecular complexity index is 581. The number of nitrogens with zero attached hydrogens (tertiary/aromatic N) is 3. The summed E-state index contributed by atoms with van der Waals surface area (Å²) in [7, 11) is -2.21. The van der Waals surface area contributed by atoms with Gasteiger partial charge in [-0.3, -0.25) is 9.69 Å². The summed E-state index contributed by atoms with van der Waals surface area (Å²) in [6, 6.07) is 0. The van der Waals surface area contributed by atoms with E-state index < -0.39 is 10.0 Å². The first-order valence-corrected chi connectivity index (χ1v) is 8.47. The lowest BCUT2D eigenvalue weighted by molar-refractivity contribution is -0.142. The van der Waals surface area contributed by atoms with Crippen LogP contribution in [0.15, 0.2) is 10.4 Å². The molecule has 20 heavy (non-hydrogen) atoms. The third-order valence-electron chi connectivity index (χ3n) is 2.96. The number of rotatable bonds is 4. The fourth-order valence-corrected chi connectivity index (χ4v) is 4.73. The van der Waals surface area contributed by atoms with Crippen molar-refractivity contribution in [1.29, 1.82) is 0 Å². The van der Waals surface area contributed by atoms with Crippen molar-refractivity contribution < 1.29 is 17.9 Å². The summed E-state index contributed by atoms with van der Waals surface area (Å²) < 4.78 is 30.9. The number of carbonyl (C=O) groups is 1. The van der Waals surface area contributed by atoms with Crippen LogP contribution >= 0.6 is 22.9 Å². The summed E-state index contributed by atoms with van der Waals surface area (Å²) in [6.07, 6.45) is 1.27. The molecule has 0 saturated carbocycles. The quantitative estimate of drug-likeness (QED) is 0.733. The van der Waals surface area contributed by atoms with E-state index in [-0.39, 0.29) is 21.2 Å². The molecule has 0 aliphatic carbocycles. The first kappa shape index (κ1) is 15.6. The van der Waals surface area contributed by atoms with Crippen molar-refractivity contribution >= 4 is 38.9 Å². The molecule has 112 valence electrons. The minimum atomic E-state index is -3.54. The Hall–Kier alpha value is -0.740. The van der Waals surface area contributed by atoms with Gasteiger partial charge in [0.25, 0.3) is 10.0 Å². The monoisotopic (exact) mass is 339 g/mol. The van der Waals surface area contributed by atoms with Gasteiger partial charge in [0.1, 0.15) is 0 Å². The maximum Gasteiger partial charge on any atom is 0.319 e. The summed E-state index contributed by atoms with van der Waals surface area (Å²) in [6.45, 7) is 1.81. The Balaban J connectivity index is 1.98. The topological polar surface area (TPSA) is 79.8 Å². The molecule has 1 aromatic rings. The van der Waals surface area contributed by atoms with Gasteiger partial charge in [0, 0.05) is 26.2 Å². The number of esters is 1. The van der Waals surface area contributed by atoms with Crippen LogP contribution in [0.2, 0.25) is 4.47 Å². The van der Waals surface area contributed by atoms with E-state index in [2.05, 4.69) is 9.72 Å². The summed E-state index contributed by atoms with van der Waals surface area (Å²) in [4.78, 5) is 16.8. The number of carbonyl (C=O) groups excluding carboxylic acids is 1. The summed E-state index contributed by atoms with van der Waals surface area (Å²) in [5.41, 5.74) is 0. The fourth-order valence-electron chi connectivity index (χ4n) is 1.86. The second-order valence-electron chi connectivity index (χ2n) is 4.19. The zero-order chi connectivity index (χ0) is 14.8. The number of sulfonamides is 1. The molecule has 0 spiro atoms. The third kappa shape index (κ3) is 3.47. The summed E-state index contributed by atoms with van der Waals surface area (Å²) >= 11 is 6.61. The molecule has 0 unspecified atom stereocenters. The van der Waals surface area contributed by atoms with Crippen LogP contribution < -0.4 is 0 Å². The highest BCUT2D eigenvalue weighted by atomic mass is 35.5. The molecule has 0 aromatic carbocycles. The van der Waals surface area contributed by atoms with Gasteiger partial charge in [-0.25, -0.2) is 13.4 Å². The first-order valence-electron chi connectivity index (χ1n) is 5.84. The number of methoxy groups -OCH3 is 1. The zero-order valence-electron chi connectivity index (χ0n) is 10.8. The van der Waals surface area contributed by atoms with Crippen LogP contribution in [0.4, 0.5) is 0 Å². The summed E-state index contributed by atoms with van der Waals surface area (Å²) in [5, 5.41) is 0. The molecule has 2 heterocycles. The predicted octanol–water partition coefficient (Wildman–Crippen LogP) is 0.276. The minimum Gasteiger partial charge on any atom is -0.468 e. The van der Waals surface area contributed by atoms with E-state index >= 15 is 0 Å². The fraction of sp³-hybridized carbons (Fsp3) is 0.600. The smallest absolute Gasteiger partial charge is 0.319 e. The van der Waals surface area contributed by atoms with Crippen LogP contribution in [0.3, 0.4) is 0 Å². The summed E-state index contributed by atoms with van der Waals surface area (Å²) in [5.74, 6) is -0.324. The van der Waals surface area contributed by atoms with Crippen LogP contribution in [0.1, 0.15) is 0 Å². The molecule has 0 N–H and O–H groups in total. The van der Waals surface area contributed by atoms with Gasteiger partial charge >= 0.3 is 5.97 Å². The van der Waals surface area contributed by atoms with E-state index in [1.165, 1.54) is 17.6 Å². The van der Waals surface area contributed by atoms with Crippen molar-refractivity contribution in [1.82, 2.24) is 14.2 Å². The maximum absolute atomic E-state index is 12.3. The van der Waals surface area contributed by atoms with Crippen LogP contribution in [0.5, 0.6) is 0 Å². The van der Waals surface area contributed by atoms with Gasteiger partial charge < -0.3 is 4.74 Å². The number of hydrogen-bond acceptors (Lipinski definition) is 7. The lowest BCUT2D eigenvalue weighted by Crippen LogP contribution is -2.49. The number of halogens is 1. The van der Waals surface area contributed by atoms with E-state index in [4.69, 9.17) is 11.6 Å². The van der Waals surface area contributed by atoms with Gasteiger partial charge in [-0.2, -0.15) is 4.31 Å². The molecular weight excluding hydrogens is 326 g/mol. The van der Waals surface area contributed by atoms with Crippen molar-refractivity contribution in [2.45, 2.75) is 4.21 Å². The Morgan fingerprint density at radius 3 is 2.60 bits per heavy atom. The maximum atomic E-state index is 12.3. The number of ether oxygens (including phenoxy) is 1. The van der Waals surface area contributed by atoms with Crippen molar-refractivity contribution in [2.75, 3.05) is 39.8 Å². The zero-order valence-corrected chi connectivity index (χ0v) is 13.2. The lowest BCUT2D eigenvalue weighted by Gasteiger charge is -2.32. The second kappa shape index (κ2) is 6.35. The lowest BCUT2D eigenvalue weighted by atomic mass is 10.3. The van der Waals surface area contributed by atoms with Gasteiger partial charge in [-0.1, -0.05) is 22.9 Å². The molecule has 0 atom stereocenters. The number of aromatic nitrogens is 1. The van der Waals surface area contributed by atoms with Gasteiger partial charge in [0.2, 0.25) is 0 Å². The number of piperazine rings is 1. The van der Waals surface area contributed by atoms with Crippen molar-refractivity contribution in [3.8, 4) is 0 Å². The van der Waals surface area contributed by atoms with E-state index in [1.54, 1.807) is 0 Å². The SMILES string of the molecule is COC(=O)CN1CCN(S(=O)(=O)c2cnc(Cl)s2)CC1.